The van der Waals surface area contributed by atoms with Crippen molar-refractivity contribution in [2.45, 2.75) is 6.42 Å². The first kappa shape index (κ1) is 14.6. The van der Waals surface area contributed by atoms with Gasteiger partial charge in [-0.15, -0.1) is 0 Å². The molecule has 2 N–H and O–H groups in total. The molecule has 1 aliphatic carbocycles. The molecule has 2 aromatic carbocycles. The average Bonchev–Trinajstić information content (AvgIpc) is 3.18. The Hall–Kier alpha value is -3.03. The van der Waals surface area contributed by atoms with Crippen LogP contribution in [0.25, 0.3) is 11.1 Å². The molecular formula is C20H13NO2S. The van der Waals surface area contributed by atoms with E-state index in [2.05, 4.69) is 6.07 Å². The number of benzene rings is 2. The standard InChI is InChI=1S/C20H13NO2S/c21-9-14-10-24-11-19(14)20-17(12-1-4-15(22)5-2-12)7-13-3-6-16(23)8-18(13)20/h1-6,8,10-11,22-23H,7H2. The van der Waals surface area contributed by atoms with Crippen LogP contribution in [0.3, 0.4) is 0 Å². The number of thiophene rings is 1. The third-order valence-electron chi connectivity index (χ3n) is 4.30. The molecule has 0 aliphatic heterocycles. The highest BCUT2D eigenvalue weighted by Gasteiger charge is 2.26. The molecule has 3 nitrogen and oxygen atoms in total. The number of phenols is 2. The Morgan fingerprint density at radius 3 is 2.42 bits per heavy atom. The summed E-state index contributed by atoms with van der Waals surface area (Å²) in [5.41, 5.74) is 6.73. The predicted molar refractivity (Wildman–Crippen MR) is 94.9 cm³/mol. The Bertz CT molecular complexity index is 1010. The smallest absolute Gasteiger partial charge is 0.116 e. The highest BCUT2D eigenvalue weighted by atomic mass is 32.1. The maximum atomic E-state index is 9.91. The van der Waals surface area contributed by atoms with E-state index in [0.717, 1.165) is 39.8 Å². The summed E-state index contributed by atoms with van der Waals surface area (Å²) in [6.07, 6.45) is 0.733. The lowest BCUT2D eigenvalue weighted by atomic mass is 9.94. The van der Waals surface area contributed by atoms with E-state index in [9.17, 15) is 15.5 Å². The number of hydrogen-bond acceptors (Lipinski definition) is 4. The predicted octanol–water partition coefficient (Wildman–Crippen LogP) is 4.55. The number of phenolic OH excluding ortho intramolecular Hbond substituents is 2. The number of nitriles is 1. The van der Waals surface area contributed by atoms with Gasteiger partial charge in [-0.2, -0.15) is 16.6 Å². The molecule has 0 saturated carbocycles. The van der Waals surface area contributed by atoms with Crippen LogP contribution >= 0.6 is 11.3 Å². The van der Waals surface area contributed by atoms with Crippen LogP contribution in [-0.4, -0.2) is 10.2 Å². The Kier molecular flexibility index (Phi) is 3.37. The van der Waals surface area contributed by atoms with Crippen molar-refractivity contribution in [3.8, 4) is 17.6 Å². The van der Waals surface area contributed by atoms with Crippen LogP contribution in [-0.2, 0) is 6.42 Å². The Morgan fingerprint density at radius 2 is 1.67 bits per heavy atom. The van der Waals surface area contributed by atoms with Gasteiger partial charge in [0.1, 0.15) is 17.6 Å². The van der Waals surface area contributed by atoms with Crippen molar-refractivity contribution >= 4 is 22.5 Å². The third kappa shape index (κ3) is 2.27. The lowest BCUT2D eigenvalue weighted by molar-refractivity contribution is 0.474. The quantitative estimate of drug-likeness (QED) is 0.724. The molecule has 0 amide bonds. The molecule has 0 atom stereocenters. The molecule has 0 fully saturated rings. The summed E-state index contributed by atoms with van der Waals surface area (Å²) in [6, 6.07) is 14.7. The first-order valence-electron chi connectivity index (χ1n) is 7.49. The SMILES string of the molecule is N#Cc1cscc1C1=C(c2ccc(O)cc2)Cc2ccc(O)cc21. The summed E-state index contributed by atoms with van der Waals surface area (Å²) in [6.45, 7) is 0. The molecule has 1 aliphatic rings. The van der Waals surface area contributed by atoms with Crippen molar-refractivity contribution in [2.24, 2.45) is 0 Å². The van der Waals surface area contributed by atoms with Gasteiger partial charge < -0.3 is 10.2 Å². The van der Waals surface area contributed by atoms with Crippen LogP contribution in [0.1, 0.15) is 27.8 Å². The fourth-order valence-electron chi connectivity index (χ4n) is 3.19. The first-order valence-corrected chi connectivity index (χ1v) is 8.43. The molecule has 4 heteroatoms. The summed E-state index contributed by atoms with van der Waals surface area (Å²) >= 11 is 1.50. The van der Waals surface area contributed by atoms with Crippen LogP contribution in [0.15, 0.2) is 53.2 Å². The summed E-state index contributed by atoms with van der Waals surface area (Å²) in [7, 11) is 0. The van der Waals surface area contributed by atoms with E-state index in [1.165, 1.54) is 11.3 Å². The molecule has 24 heavy (non-hydrogen) atoms. The highest BCUT2D eigenvalue weighted by molar-refractivity contribution is 7.08. The van der Waals surface area contributed by atoms with E-state index in [1.54, 1.807) is 24.3 Å². The number of allylic oxidation sites excluding steroid dienone is 1. The van der Waals surface area contributed by atoms with E-state index < -0.39 is 0 Å². The topological polar surface area (TPSA) is 64.2 Å². The maximum Gasteiger partial charge on any atom is 0.116 e. The minimum atomic E-state index is 0.215. The van der Waals surface area contributed by atoms with Crippen molar-refractivity contribution in [1.29, 1.82) is 5.26 Å². The fraction of sp³-hybridized carbons (Fsp3) is 0.0500. The number of fused-ring (bicyclic) bond motifs is 1. The zero-order chi connectivity index (χ0) is 16.7. The monoisotopic (exact) mass is 331 g/mol. The Morgan fingerprint density at radius 1 is 0.917 bits per heavy atom. The van der Waals surface area contributed by atoms with E-state index in [1.807, 2.05) is 29.0 Å². The molecule has 1 heterocycles. The van der Waals surface area contributed by atoms with E-state index in [-0.39, 0.29) is 11.5 Å². The maximum absolute atomic E-state index is 9.91. The van der Waals surface area contributed by atoms with Gasteiger partial charge in [0.25, 0.3) is 0 Å². The zero-order valence-corrected chi connectivity index (χ0v) is 13.5. The molecule has 0 saturated heterocycles. The number of hydrogen-bond donors (Lipinski definition) is 2. The van der Waals surface area contributed by atoms with Gasteiger partial charge in [-0.25, -0.2) is 0 Å². The number of rotatable bonds is 2. The Balaban J connectivity index is 1.99. The summed E-state index contributed by atoms with van der Waals surface area (Å²) in [5, 5.41) is 32.7. The lowest BCUT2D eigenvalue weighted by Gasteiger charge is -2.09. The zero-order valence-electron chi connectivity index (χ0n) is 12.7. The van der Waals surface area contributed by atoms with Gasteiger partial charge in [0.05, 0.1) is 5.56 Å². The lowest BCUT2D eigenvalue weighted by Crippen LogP contribution is -1.90. The summed E-state index contributed by atoms with van der Waals surface area (Å²) in [4.78, 5) is 0. The second kappa shape index (κ2) is 5.55. The summed E-state index contributed by atoms with van der Waals surface area (Å²) < 4.78 is 0. The minimum Gasteiger partial charge on any atom is -0.508 e. The van der Waals surface area contributed by atoms with E-state index in [4.69, 9.17) is 0 Å². The number of aromatic hydroxyl groups is 2. The van der Waals surface area contributed by atoms with Gasteiger partial charge >= 0.3 is 0 Å². The van der Waals surface area contributed by atoms with Crippen LogP contribution in [0.2, 0.25) is 0 Å². The van der Waals surface area contributed by atoms with Crippen LogP contribution in [0, 0.1) is 11.3 Å². The molecule has 3 aromatic rings. The third-order valence-corrected chi connectivity index (χ3v) is 5.04. The second-order valence-electron chi connectivity index (χ2n) is 5.73. The van der Waals surface area contributed by atoms with Crippen molar-refractivity contribution < 1.29 is 10.2 Å². The van der Waals surface area contributed by atoms with Crippen molar-refractivity contribution in [1.82, 2.24) is 0 Å². The molecule has 116 valence electrons. The number of nitrogens with zero attached hydrogens (tertiary/aromatic N) is 1. The fourth-order valence-corrected chi connectivity index (χ4v) is 3.95. The van der Waals surface area contributed by atoms with Crippen LogP contribution in [0.4, 0.5) is 0 Å². The van der Waals surface area contributed by atoms with Crippen LogP contribution < -0.4 is 0 Å². The van der Waals surface area contributed by atoms with Crippen molar-refractivity contribution in [3.63, 3.8) is 0 Å². The van der Waals surface area contributed by atoms with E-state index in [0.29, 0.717) is 5.56 Å². The molecule has 0 radical (unpaired) electrons. The molecule has 0 bridgehead atoms. The molecule has 1 aromatic heterocycles. The first-order chi connectivity index (χ1) is 11.7. The molecular weight excluding hydrogens is 318 g/mol. The largest absolute Gasteiger partial charge is 0.508 e. The van der Waals surface area contributed by atoms with Crippen LogP contribution in [0.5, 0.6) is 11.5 Å². The van der Waals surface area contributed by atoms with Gasteiger partial charge in [-0.1, -0.05) is 18.2 Å². The van der Waals surface area contributed by atoms with Crippen molar-refractivity contribution in [3.05, 3.63) is 81.0 Å². The Labute approximate surface area is 143 Å². The minimum absolute atomic E-state index is 0.215. The average molecular weight is 331 g/mol. The van der Waals surface area contributed by atoms with Crippen molar-refractivity contribution in [2.75, 3.05) is 0 Å². The summed E-state index contributed by atoms with van der Waals surface area (Å²) in [5.74, 6) is 0.439. The van der Waals surface area contributed by atoms with Gasteiger partial charge in [-0.3, -0.25) is 0 Å². The van der Waals surface area contributed by atoms with Gasteiger partial charge in [-0.05, 0) is 63.9 Å². The normalized spacial score (nSPS) is 13.0. The molecule has 0 spiro atoms. The molecule has 4 rings (SSSR count). The second-order valence-corrected chi connectivity index (χ2v) is 6.47. The van der Waals surface area contributed by atoms with Gasteiger partial charge in [0.2, 0.25) is 0 Å². The molecule has 0 unspecified atom stereocenters. The highest BCUT2D eigenvalue weighted by Crippen LogP contribution is 2.45. The van der Waals surface area contributed by atoms with Gasteiger partial charge in [0.15, 0.2) is 0 Å². The van der Waals surface area contributed by atoms with Gasteiger partial charge in [0, 0.05) is 10.9 Å². The van der Waals surface area contributed by atoms with E-state index >= 15 is 0 Å².